The normalized spacial score (nSPS) is 19.1. The van der Waals surface area contributed by atoms with Crippen molar-refractivity contribution >= 4 is 23.5 Å². The van der Waals surface area contributed by atoms with Crippen LogP contribution in [0, 0.1) is 0 Å². The molecule has 2 fully saturated rings. The van der Waals surface area contributed by atoms with Gasteiger partial charge in [-0.05, 0) is 36.6 Å². The maximum absolute atomic E-state index is 6.19. The minimum Gasteiger partial charge on any atom is -0.355 e. The third-order valence-electron chi connectivity index (χ3n) is 5.50. The van der Waals surface area contributed by atoms with Crippen LogP contribution in [0.25, 0.3) is 0 Å². The van der Waals surface area contributed by atoms with Crippen molar-refractivity contribution in [3.05, 3.63) is 53.3 Å². The SMILES string of the molecule is CN=C(NCC1(c2cccc(Cl)c2)CC1)N1CCN(c2ncccn2)CC1. The molecule has 6 nitrogen and oxygen atoms in total. The topological polar surface area (TPSA) is 56.7 Å². The van der Waals surface area contributed by atoms with E-state index >= 15 is 0 Å². The second-order valence-electron chi connectivity index (χ2n) is 7.21. The summed E-state index contributed by atoms with van der Waals surface area (Å²) in [6, 6.07) is 10.1. The highest BCUT2D eigenvalue weighted by Gasteiger charge is 2.44. The largest absolute Gasteiger partial charge is 0.355 e. The molecular formula is C20H25ClN6. The zero-order chi connectivity index (χ0) is 18.7. The average molecular weight is 385 g/mol. The van der Waals surface area contributed by atoms with E-state index in [0.717, 1.165) is 49.7 Å². The van der Waals surface area contributed by atoms with Crippen molar-refractivity contribution in [2.45, 2.75) is 18.3 Å². The van der Waals surface area contributed by atoms with Crippen LogP contribution >= 0.6 is 11.6 Å². The molecule has 142 valence electrons. The molecule has 1 aromatic heterocycles. The number of guanidine groups is 1. The molecule has 2 heterocycles. The van der Waals surface area contributed by atoms with Crippen molar-refractivity contribution in [3.8, 4) is 0 Å². The molecule has 0 bridgehead atoms. The molecule has 1 saturated carbocycles. The lowest BCUT2D eigenvalue weighted by molar-refractivity contribution is 0.368. The fourth-order valence-electron chi connectivity index (χ4n) is 3.69. The molecule has 2 aromatic rings. The minimum atomic E-state index is 0.195. The van der Waals surface area contributed by atoms with E-state index in [1.807, 2.05) is 25.2 Å². The predicted molar refractivity (Wildman–Crippen MR) is 110 cm³/mol. The molecule has 7 heteroatoms. The van der Waals surface area contributed by atoms with Gasteiger partial charge in [0.05, 0.1) is 0 Å². The van der Waals surface area contributed by atoms with E-state index in [2.05, 4.69) is 42.2 Å². The molecule has 1 aliphatic heterocycles. The standard InChI is InChI=1S/C20H25ClN6/c1-22-18(25-15-20(6-7-20)16-4-2-5-17(21)14-16)26-10-12-27(13-11-26)19-23-8-3-9-24-19/h2-5,8-9,14H,6-7,10-13,15H2,1H3,(H,22,25). The Hall–Kier alpha value is -2.34. The maximum atomic E-state index is 6.19. The van der Waals surface area contributed by atoms with Crippen LogP contribution in [0.4, 0.5) is 5.95 Å². The predicted octanol–water partition coefficient (Wildman–Crippen LogP) is 2.56. The molecule has 1 aromatic carbocycles. The molecule has 1 N–H and O–H groups in total. The van der Waals surface area contributed by atoms with Crippen molar-refractivity contribution < 1.29 is 0 Å². The zero-order valence-corrected chi connectivity index (χ0v) is 16.4. The molecule has 0 spiro atoms. The van der Waals surface area contributed by atoms with Gasteiger partial charge in [-0.25, -0.2) is 9.97 Å². The summed E-state index contributed by atoms with van der Waals surface area (Å²) in [5.41, 5.74) is 1.52. The molecule has 2 aliphatic rings. The summed E-state index contributed by atoms with van der Waals surface area (Å²) in [5.74, 6) is 1.77. The Kier molecular flexibility index (Phi) is 5.16. The highest BCUT2D eigenvalue weighted by molar-refractivity contribution is 6.30. The number of hydrogen-bond donors (Lipinski definition) is 1. The van der Waals surface area contributed by atoms with Crippen molar-refractivity contribution in [3.63, 3.8) is 0 Å². The van der Waals surface area contributed by atoms with Crippen LogP contribution < -0.4 is 10.2 Å². The van der Waals surface area contributed by atoms with Crippen molar-refractivity contribution in [1.29, 1.82) is 0 Å². The number of aliphatic imine (C=N–C) groups is 1. The first-order chi connectivity index (χ1) is 13.2. The van der Waals surface area contributed by atoms with Gasteiger partial charge in [0.15, 0.2) is 5.96 Å². The summed E-state index contributed by atoms with van der Waals surface area (Å²) in [7, 11) is 1.86. The van der Waals surface area contributed by atoms with E-state index in [-0.39, 0.29) is 5.41 Å². The van der Waals surface area contributed by atoms with Crippen LogP contribution in [0.2, 0.25) is 5.02 Å². The number of piperazine rings is 1. The number of aromatic nitrogens is 2. The van der Waals surface area contributed by atoms with Gasteiger partial charge in [-0.15, -0.1) is 0 Å². The summed E-state index contributed by atoms with van der Waals surface area (Å²) in [5, 5.41) is 4.41. The lowest BCUT2D eigenvalue weighted by atomic mass is 9.96. The molecule has 0 amide bonds. The van der Waals surface area contributed by atoms with E-state index in [1.165, 1.54) is 18.4 Å². The van der Waals surface area contributed by atoms with Crippen molar-refractivity contribution in [2.24, 2.45) is 4.99 Å². The van der Waals surface area contributed by atoms with Gasteiger partial charge in [0.25, 0.3) is 0 Å². The number of anilines is 1. The van der Waals surface area contributed by atoms with E-state index < -0.39 is 0 Å². The van der Waals surface area contributed by atoms with Gasteiger partial charge in [0, 0.05) is 62.6 Å². The molecule has 1 aliphatic carbocycles. The summed E-state index contributed by atoms with van der Waals surface area (Å²) in [4.78, 5) is 17.7. The van der Waals surface area contributed by atoms with Crippen molar-refractivity contribution in [1.82, 2.24) is 20.2 Å². The first-order valence-corrected chi connectivity index (χ1v) is 9.82. The van der Waals surface area contributed by atoms with Gasteiger partial charge in [-0.2, -0.15) is 0 Å². The molecule has 4 rings (SSSR count). The van der Waals surface area contributed by atoms with E-state index in [1.54, 1.807) is 12.4 Å². The molecule has 0 radical (unpaired) electrons. The second kappa shape index (κ2) is 7.72. The van der Waals surface area contributed by atoms with Gasteiger partial charge in [0.1, 0.15) is 0 Å². The average Bonchev–Trinajstić information content (AvgIpc) is 3.51. The first-order valence-electron chi connectivity index (χ1n) is 9.44. The van der Waals surface area contributed by atoms with Gasteiger partial charge >= 0.3 is 0 Å². The third-order valence-corrected chi connectivity index (χ3v) is 5.74. The molecule has 0 atom stereocenters. The highest BCUT2D eigenvalue weighted by atomic mass is 35.5. The highest BCUT2D eigenvalue weighted by Crippen LogP contribution is 2.48. The number of hydrogen-bond acceptors (Lipinski definition) is 4. The Labute approximate surface area is 165 Å². The Morgan fingerprint density at radius 3 is 2.52 bits per heavy atom. The summed E-state index contributed by atoms with van der Waals surface area (Å²) >= 11 is 6.19. The lowest BCUT2D eigenvalue weighted by Gasteiger charge is -2.36. The molecular weight excluding hydrogens is 360 g/mol. The van der Waals surface area contributed by atoms with E-state index in [0.29, 0.717) is 0 Å². The monoisotopic (exact) mass is 384 g/mol. The lowest BCUT2D eigenvalue weighted by Crippen LogP contribution is -2.53. The number of benzene rings is 1. The quantitative estimate of drug-likeness (QED) is 0.648. The number of rotatable bonds is 4. The van der Waals surface area contributed by atoms with Crippen LogP contribution in [-0.2, 0) is 5.41 Å². The fourth-order valence-corrected chi connectivity index (χ4v) is 3.88. The Balaban J connectivity index is 1.34. The van der Waals surface area contributed by atoms with E-state index in [9.17, 15) is 0 Å². The summed E-state index contributed by atoms with van der Waals surface area (Å²) in [6.45, 7) is 4.49. The summed E-state index contributed by atoms with van der Waals surface area (Å²) < 4.78 is 0. The van der Waals surface area contributed by atoms with Gasteiger partial charge in [-0.3, -0.25) is 4.99 Å². The number of nitrogens with one attached hydrogen (secondary N) is 1. The van der Waals surface area contributed by atoms with Crippen LogP contribution in [0.5, 0.6) is 0 Å². The van der Waals surface area contributed by atoms with E-state index in [4.69, 9.17) is 11.6 Å². The smallest absolute Gasteiger partial charge is 0.225 e. The minimum absolute atomic E-state index is 0.195. The fraction of sp³-hybridized carbons (Fsp3) is 0.450. The molecule has 0 unspecified atom stereocenters. The van der Waals surface area contributed by atoms with Crippen molar-refractivity contribution in [2.75, 3.05) is 44.7 Å². The summed E-state index contributed by atoms with van der Waals surface area (Å²) in [6.07, 6.45) is 5.97. The van der Waals surface area contributed by atoms with Gasteiger partial charge in [-0.1, -0.05) is 23.7 Å². The Bertz CT molecular complexity index is 797. The molecule has 27 heavy (non-hydrogen) atoms. The number of nitrogens with zero attached hydrogens (tertiary/aromatic N) is 5. The van der Waals surface area contributed by atoms with Crippen LogP contribution in [0.15, 0.2) is 47.7 Å². The van der Waals surface area contributed by atoms with Crippen LogP contribution in [0.1, 0.15) is 18.4 Å². The first kappa shape index (κ1) is 18.0. The molecule has 1 saturated heterocycles. The zero-order valence-electron chi connectivity index (χ0n) is 15.6. The van der Waals surface area contributed by atoms with Crippen LogP contribution in [0.3, 0.4) is 0 Å². The maximum Gasteiger partial charge on any atom is 0.225 e. The van der Waals surface area contributed by atoms with Gasteiger partial charge < -0.3 is 15.1 Å². The Morgan fingerprint density at radius 2 is 1.89 bits per heavy atom. The van der Waals surface area contributed by atoms with Crippen LogP contribution in [-0.4, -0.2) is 60.6 Å². The van der Waals surface area contributed by atoms with Gasteiger partial charge in [0.2, 0.25) is 5.95 Å². The second-order valence-corrected chi connectivity index (χ2v) is 7.65. The third kappa shape index (κ3) is 4.00. The Morgan fingerprint density at radius 1 is 1.15 bits per heavy atom. The number of halogens is 1.